The molecule has 0 saturated heterocycles. The number of anilines is 1. The number of aliphatic hydroxyl groups is 1. The first kappa shape index (κ1) is 17.4. The summed E-state index contributed by atoms with van der Waals surface area (Å²) in [5.74, 6) is 0.0448. The second kappa shape index (κ2) is 8.04. The molecule has 122 valence electrons. The van der Waals surface area contributed by atoms with Crippen molar-refractivity contribution in [2.75, 3.05) is 11.1 Å². The maximum atomic E-state index is 12.1. The van der Waals surface area contributed by atoms with Crippen LogP contribution in [0.1, 0.15) is 22.3 Å². The molecule has 4 nitrogen and oxygen atoms in total. The van der Waals surface area contributed by atoms with E-state index in [0.29, 0.717) is 5.75 Å². The molecule has 1 atom stereocenters. The Morgan fingerprint density at radius 1 is 1.09 bits per heavy atom. The van der Waals surface area contributed by atoms with Crippen LogP contribution in [-0.4, -0.2) is 21.0 Å². The number of benzene rings is 2. The smallest absolute Gasteiger partial charge is 0.237 e. The summed E-state index contributed by atoms with van der Waals surface area (Å²) in [6, 6.07) is 13.0. The summed E-state index contributed by atoms with van der Waals surface area (Å²) >= 11 is 0. The Morgan fingerprint density at radius 2 is 1.74 bits per heavy atom. The number of amides is 1. The number of aryl methyl sites for hydroxylation is 2. The summed E-state index contributed by atoms with van der Waals surface area (Å²) in [4.78, 5) is 12.0. The fraction of sp³-hybridized carbons (Fsp3) is 0.278. The first-order valence-corrected chi connectivity index (χ1v) is 8.87. The Labute approximate surface area is 139 Å². The zero-order valence-electron chi connectivity index (χ0n) is 13.3. The third kappa shape index (κ3) is 5.30. The number of hydrogen-bond acceptors (Lipinski definition) is 3. The van der Waals surface area contributed by atoms with Crippen LogP contribution in [0, 0.1) is 13.8 Å². The number of carbonyl (C=O) groups excluding carboxylic acids is 1. The van der Waals surface area contributed by atoms with Crippen molar-refractivity contribution < 1.29 is 14.1 Å². The monoisotopic (exact) mass is 331 g/mol. The number of rotatable bonds is 6. The molecule has 2 aromatic carbocycles. The van der Waals surface area contributed by atoms with Gasteiger partial charge in [-0.25, -0.2) is 0 Å². The second-order valence-electron chi connectivity index (χ2n) is 5.57. The van der Waals surface area contributed by atoms with Gasteiger partial charge in [-0.05, 0) is 36.6 Å². The Morgan fingerprint density at radius 3 is 2.35 bits per heavy atom. The third-order valence-electron chi connectivity index (χ3n) is 3.48. The van der Waals surface area contributed by atoms with Gasteiger partial charge < -0.3 is 10.4 Å². The second-order valence-corrected chi connectivity index (χ2v) is 7.03. The first-order chi connectivity index (χ1) is 11.0. The van der Waals surface area contributed by atoms with E-state index in [-0.39, 0.29) is 18.3 Å². The van der Waals surface area contributed by atoms with E-state index in [1.807, 2.05) is 44.2 Å². The van der Waals surface area contributed by atoms with Crippen molar-refractivity contribution >= 4 is 22.4 Å². The SMILES string of the molecule is Cc1ccc(NC(=O)CS(=O)Cc2ccc(CO)cc2)c(C)c1. The minimum atomic E-state index is -1.27. The fourth-order valence-corrected chi connectivity index (χ4v) is 3.30. The zero-order chi connectivity index (χ0) is 16.8. The lowest BCUT2D eigenvalue weighted by molar-refractivity contribution is -0.113. The van der Waals surface area contributed by atoms with E-state index in [9.17, 15) is 9.00 Å². The van der Waals surface area contributed by atoms with Gasteiger partial charge in [-0.3, -0.25) is 9.00 Å². The first-order valence-electron chi connectivity index (χ1n) is 7.38. The normalized spacial score (nSPS) is 12.0. The Balaban J connectivity index is 1.90. The van der Waals surface area contributed by atoms with Gasteiger partial charge in [-0.15, -0.1) is 0 Å². The highest BCUT2D eigenvalue weighted by atomic mass is 32.2. The molecule has 1 unspecified atom stereocenters. The molecule has 23 heavy (non-hydrogen) atoms. The summed E-state index contributed by atoms with van der Waals surface area (Å²) in [6.07, 6.45) is 0. The molecule has 0 aliphatic rings. The lowest BCUT2D eigenvalue weighted by Gasteiger charge is -2.09. The van der Waals surface area contributed by atoms with E-state index >= 15 is 0 Å². The molecule has 0 aliphatic carbocycles. The van der Waals surface area contributed by atoms with E-state index in [1.165, 1.54) is 0 Å². The Bertz CT molecular complexity index is 711. The van der Waals surface area contributed by atoms with Gasteiger partial charge in [-0.2, -0.15) is 0 Å². The minimum absolute atomic E-state index is 0.0122. The van der Waals surface area contributed by atoms with Crippen LogP contribution < -0.4 is 5.32 Å². The summed E-state index contributed by atoms with van der Waals surface area (Å²) in [5.41, 5.74) is 4.58. The largest absolute Gasteiger partial charge is 0.392 e. The molecule has 2 aromatic rings. The highest BCUT2D eigenvalue weighted by Crippen LogP contribution is 2.16. The van der Waals surface area contributed by atoms with Gasteiger partial charge in [0.05, 0.1) is 6.61 Å². The number of carbonyl (C=O) groups is 1. The van der Waals surface area contributed by atoms with E-state index in [2.05, 4.69) is 5.32 Å². The molecule has 1 amide bonds. The van der Waals surface area contributed by atoms with Gasteiger partial charge in [0, 0.05) is 22.2 Å². The van der Waals surface area contributed by atoms with Crippen molar-refractivity contribution in [1.29, 1.82) is 0 Å². The molecular formula is C18H21NO3S. The van der Waals surface area contributed by atoms with Crippen molar-refractivity contribution in [3.05, 3.63) is 64.7 Å². The van der Waals surface area contributed by atoms with E-state index in [4.69, 9.17) is 5.11 Å². The molecular weight excluding hydrogens is 310 g/mol. The minimum Gasteiger partial charge on any atom is -0.392 e. The summed E-state index contributed by atoms with van der Waals surface area (Å²) in [5, 5.41) is 11.8. The molecule has 0 fully saturated rings. The van der Waals surface area contributed by atoms with Crippen molar-refractivity contribution in [2.24, 2.45) is 0 Å². The van der Waals surface area contributed by atoms with E-state index < -0.39 is 10.8 Å². The molecule has 0 bridgehead atoms. The topological polar surface area (TPSA) is 66.4 Å². The van der Waals surface area contributed by atoms with Crippen LogP contribution >= 0.6 is 0 Å². The molecule has 5 heteroatoms. The van der Waals surface area contributed by atoms with Gasteiger partial charge in [0.2, 0.25) is 5.91 Å². The standard InChI is InChI=1S/C18H21NO3S/c1-13-3-8-17(14(2)9-13)19-18(21)12-23(22)11-16-6-4-15(10-20)5-7-16/h3-9,20H,10-12H2,1-2H3,(H,19,21). The van der Waals surface area contributed by atoms with Gasteiger partial charge >= 0.3 is 0 Å². The maximum absolute atomic E-state index is 12.1. The van der Waals surface area contributed by atoms with Crippen LogP contribution in [-0.2, 0) is 28.0 Å². The highest BCUT2D eigenvalue weighted by Gasteiger charge is 2.10. The van der Waals surface area contributed by atoms with Gasteiger partial charge in [0.1, 0.15) is 5.75 Å². The molecule has 2 rings (SSSR count). The van der Waals surface area contributed by atoms with Crippen LogP contribution in [0.2, 0.25) is 0 Å². The van der Waals surface area contributed by atoms with Crippen LogP contribution in [0.25, 0.3) is 0 Å². The molecule has 0 spiro atoms. The maximum Gasteiger partial charge on any atom is 0.237 e. The summed E-state index contributed by atoms with van der Waals surface area (Å²) in [7, 11) is -1.27. The summed E-state index contributed by atoms with van der Waals surface area (Å²) in [6.45, 7) is 3.92. The quantitative estimate of drug-likeness (QED) is 0.855. The molecule has 0 radical (unpaired) electrons. The number of aliphatic hydroxyl groups excluding tert-OH is 1. The summed E-state index contributed by atoms with van der Waals surface area (Å²) < 4.78 is 12.1. The molecule has 0 saturated carbocycles. The van der Waals surface area contributed by atoms with Crippen molar-refractivity contribution in [1.82, 2.24) is 0 Å². The van der Waals surface area contributed by atoms with Crippen molar-refractivity contribution in [3.63, 3.8) is 0 Å². The zero-order valence-corrected chi connectivity index (χ0v) is 14.2. The number of hydrogen-bond donors (Lipinski definition) is 2. The molecule has 0 aromatic heterocycles. The predicted molar refractivity (Wildman–Crippen MR) is 93.6 cm³/mol. The van der Waals surface area contributed by atoms with Crippen LogP contribution in [0.3, 0.4) is 0 Å². The van der Waals surface area contributed by atoms with Crippen molar-refractivity contribution in [2.45, 2.75) is 26.2 Å². The average molecular weight is 331 g/mol. The van der Waals surface area contributed by atoms with Crippen LogP contribution in [0.15, 0.2) is 42.5 Å². The van der Waals surface area contributed by atoms with E-state index in [1.54, 1.807) is 12.1 Å². The molecule has 2 N–H and O–H groups in total. The number of nitrogens with one attached hydrogen (secondary N) is 1. The highest BCUT2D eigenvalue weighted by molar-refractivity contribution is 7.84. The van der Waals surface area contributed by atoms with Gasteiger partial charge in [-0.1, -0.05) is 42.0 Å². The molecule has 0 aliphatic heterocycles. The van der Waals surface area contributed by atoms with Gasteiger partial charge in [0.25, 0.3) is 0 Å². The predicted octanol–water partition coefficient (Wildman–Crippen LogP) is 2.68. The van der Waals surface area contributed by atoms with Crippen molar-refractivity contribution in [3.8, 4) is 0 Å². The lowest BCUT2D eigenvalue weighted by Crippen LogP contribution is -2.20. The Hall–Kier alpha value is -1.98. The van der Waals surface area contributed by atoms with Crippen LogP contribution in [0.5, 0.6) is 0 Å². The van der Waals surface area contributed by atoms with Crippen LogP contribution in [0.4, 0.5) is 5.69 Å². The Kier molecular flexibility index (Phi) is 6.07. The van der Waals surface area contributed by atoms with Gasteiger partial charge in [0.15, 0.2) is 0 Å². The third-order valence-corrected chi connectivity index (χ3v) is 4.72. The lowest BCUT2D eigenvalue weighted by atomic mass is 10.1. The average Bonchev–Trinajstić information content (AvgIpc) is 2.50. The fourth-order valence-electron chi connectivity index (χ4n) is 2.26. The van der Waals surface area contributed by atoms with E-state index in [0.717, 1.165) is 27.9 Å². The molecule has 0 heterocycles.